The maximum atomic E-state index is 14.9. The fraction of sp³-hybridized carbons (Fsp3) is 0.353. The van der Waals surface area contributed by atoms with Crippen molar-refractivity contribution in [3.05, 3.63) is 94.7 Å². The molecule has 4 aromatic rings. The van der Waals surface area contributed by atoms with Gasteiger partial charge in [0.15, 0.2) is 17.4 Å². The number of aromatic nitrogens is 3. The number of anilines is 3. The Hall–Kier alpha value is -4.39. The minimum atomic E-state index is -0.704. The lowest BCUT2D eigenvalue weighted by Crippen LogP contribution is -2.37. The minimum absolute atomic E-state index is 0.000565. The van der Waals surface area contributed by atoms with Crippen molar-refractivity contribution in [2.45, 2.75) is 25.8 Å². The first-order chi connectivity index (χ1) is 22.9. The van der Waals surface area contributed by atoms with Crippen molar-refractivity contribution in [3.8, 4) is 11.5 Å². The summed E-state index contributed by atoms with van der Waals surface area (Å²) in [5.41, 5.74) is 1.37. The second-order valence-corrected chi connectivity index (χ2v) is 11.8. The molecule has 1 saturated carbocycles. The van der Waals surface area contributed by atoms with Gasteiger partial charge in [0.05, 0.1) is 43.3 Å². The van der Waals surface area contributed by atoms with E-state index in [0.29, 0.717) is 52.7 Å². The smallest absolute Gasteiger partial charge is 0.180 e. The van der Waals surface area contributed by atoms with Crippen molar-refractivity contribution in [2.75, 3.05) is 56.7 Å². The first-order valence-corrected chi connectivity index (χ1v) is 16.0. The van der Waals surface area contributed by atoms with Crippen LogP contribution in [0.25, 0.3) is 0 Å². The Balaban J connectivity index is 1.17. The minimum Gasteiger partial charge on any atom is -0.493 e. The molecule has 0 spiro atoms. The van der Waals surface area contributed by atoms with E-state index in [-0.39, 0.29) is 29.4 Å². The van der Waals surface area contributed by atoms with Gasteiger partial charge in [-0.05, 0) is 37.3 Å². The molecule has 0 atom stereocenters. The molecule has 1 saturated heterocycles. The normalized spacial score (nSPS) is 14.9. The number of halogens is 3. The van der Waals surface area contributed by atoms with E-state index in [9.17, 15) is 8.78 Å². The number of pyridine rings is 1. The molecule has 6 rings (SSSR count). The van der Waals surface area contributed by atoms with E-state index in [2.05, 4.69) is 30.5 Å². The number of hydrogen-bond acceptors (Lipinski definition) is 10. The fourth-order valence-corrected chi connectivity index (χ4v) is 5.24. The van der Waals surface area contributed by atoms with Crippen molar-refractivity contribution in [2.24, 2.45) is 5.92 Å². The number of hydrogen-bond donors (Lipinski definition) is 3. The number of morpholine rings is 1. The van der Waals surface area contributed by atoms with Gasteiger partial charge in [0, 0.05) is 67.5 Å². The van der Waals surface area contributed by atoms with E-state index in [1.54, 1.807) is 36.5 Å². The van der Waals surface area contributed by atoms with E-state index < -0.39 is 11.6 Å². The summed E-state index contributed by atoms with van der Waals surface area (Å²) in [5, 5.41) is 15.7. The molecular formula is C34H36ClF2N7O3. The monoisotopic (exact) mass is 663 g/mol. The zero-order valence-corrected chi connectivity index (χ0v) is 26.5. The van der Waals surface area contributed by atoms with Gasteiger partial charge in [-0.3, -0.25) is 15.3 Å². The number of ether oxygens (including phenoxy) is 3. The largest absolute Gasteiger partial charge is 0.493 e. The molecule has 3 N–H and O–H groups in total. The van der Waals surface area contributed by atoms with Crippen LogP contribution in [-0.4, -0.2) is 71.6 Å². The highest BCUT2D eigenvalue weighted by Crippen LogP contribution is 2.32. The number of rotatable bonds is 15. The SMILES string of the molecule is N=C(c1ncc(OCCCN2CCOCC2)c(Nc2ccncc2Cl)n1)c1ccccc1NCc1c(F)cc(OCC2CC2)cc1F. The molecule has 1 aliphatic carbocycles. The Morgan fingerprint density at radius 1 is 1.04 bits per heavy atom. The van der Waals surface area contributed by atoms with Crippen molar-refractivity contribution < 1.29 is 23.0 Å². The Morgan fingerprint density at radius 2 is 1.83 bits per heavy atom. The van der Waals surface area contributed by atoms with Crippen LogP contribution in [0.4, 0.5) is 26.0 Å². The molecule has 2 aliphatic rings. The maximum Gasteiger partial charge on any atom is 0.180 e. The Bertz CT molecular complexity index is 1680. The van der Waals surface area contributed by atoms with Gasteiger partial charge < -0.3 is 24.8 Å². The first kappa shape index (κ1) is 32.5. The zero-order chi connectivity index (χ0) is 32.6. The highest BCUT2D eigenvalue weighted by atomic mass is 35.5. The van der Waals surface area contributed by atoms with E-state index in [1.807, 2.05) is 0 Å². The van der Waals surface area contributed by atoms with Gasteiger partial charge in [0.25, 0.3) is 0 Å². The highest BCUT2D eigenvalue weighted by molar-refractivity contribution is 6.33. The van der Waals surface area contributed by atoms with Gasteiger partial charge in [0.1, 0.15) is 23.1 Å². The lowest BCUT2D eigenvalue weighted by molar-refractivity contribution is 0.0358. The Morgan fingerprint density at radius 3 is 2.60 bits per heavy atom. The number of nitrogens with one attached hydrogen (secondary N) is 3. The molecule has 0 amide bonds. The van der Waals surface area contributed by atoms with Crippen molar-refractivity contribution >= 4 is 34.5 Å². The highest BCUT2D eigenvalue weighted by Gasteiger charge is 2.23. The van der Waals surface area contributed by atoms with Crippen LogP contribution in [0.3, 0.4) is 0 Å². The average Bonchev–Trinajstić information content (AvgIpc) is 3.92. The molecule has 2 fully saturated rings. The van der Waals surface area contributed by atoms with E-state index in [1.165, 1.54) is 24.5 Å². The summed E-state index contributed by atoms with van der Waals surface area (Å²) in [5.74, 6) is 0.0819. The van der Waals surface area contributed by atoms with Crippen LogP contribution in [0, 0.1) is 23.0 Å². The summed E-state index contributed by atoms with van der Waals surface area (Å²) in [7, 11) is 0. The standard InChI is InChI=1S/C34H36ClF2N7O3/c35-26-19-39-9-8-30(26)42-33-31(46-13-3-10-44-11-14-45-15-12-44)20-41-34(43-33)32(38)24-4-1-2-5-29(24)40-18-25-27(36)16-23(17-28(25)37)47-21-22-6-7-22/h1-2,4-5,8-9,16-17,19-20,22,38,40H,3,6-7,10-15,18,21H2,(H,39,41,42,43). The van der Waals surface area contributed by atoms with Crippen molar-refractivity contribution in [3.63, 3.8) is 0 Å². The summed E-state index contributed by atoms with van der Waals surface area (Å²) in [6.45, 7) is 4.89. The number of benzene rings is 2. The van der Waals surface area contributed by atoms with Crippen LogP contribution in [0.2, 0.25) is 5.02 Å². The maximum absolute atomic E-state index is 14.9. The molecule has 0 radical (unpaired) electrons. The van der Waals surface area contributed by atoms with Crippen LogP contribution in [0.1, 0.15) is 36.2 Å². The molecule has 10 nitrogen and oxygen atoms in total. The summed E-state index contributed by atoms with van der Waals surface area (Å²) in [4.78, 5) is 15.5. The van der Waals surface area contributed by atoms with E-state index in [4.69, 9.17) is 31.2 Å². The molecule has 2 aromatic heterocycles. The summed E-state index contributed by atoms with van der Waals surface area (Å²) in [6, 6.07) is 11.1. The summed E-state index contributed by atoms with van der Waals surface area (Å²) in [6.07, 6.45) is 7.59. The van der Waals surface area contributed by atoms with Gasteiger partial charge in [-0.1, -0.05) is 29.8 Å². The predicted molar refractivity (Wildman–Crippen MR) is 176 cm³/mol. The predicted octanol–water partition coefficient (Wildman–Crippen LogP) is 6.46. The molecule has 47 heavy (non-hydrogen) atoms. The van der Waals surface area contributed by atoms with Gasteiger partial charge in [-0.2, -0.15) is 0 Å². The molecule has 246 valence electrons. The van der Waals surface area contributed by atoms with Gasteiger partial charge in [0.2, 0.25) is 0 Å². The van der Waals surface area contributed by atoms with Crippen LogP contribution < -0.4 is 20.1 Å². The van der Waals surface area contributed by atoms with Gasteiger partial charge in [-0.25, -0.2) is 18.7 Å². The van der Waals surface area contributed by atoms with Crippen LogP contribution in [0.5, 0.6) is 11.5 Å². The summed E-state index contributed by atoms with van der Waals surface area (Å²) >= 11 is 6.37. The third kappa shape index (κ3) is 8.70. The van der Waals surface area contributed by atoms with E-state index >= 15 is 0 Å². The average molecular weight is 664 g/mol. The second-order valence-electron chi connectivity index (χ2n) is 11.4. The lowest BCUT2D eigenvalue weighted by atomic mass is 10.1. The van der Waals surface area contributed by atoms with Crippen molar-refractivity contribution in [1.29, 1.82) is 5.41 Å². The van der Waals surface area contributed by atoms with Crippen LogP contribution in [-0.2, 0) is 11.3 Å². The molecule has 2 aromatic carbocycles. The molecule has 1 aliphatic heterocycles. The third-order valence-electron chi connectivity index (χ3n) is 7.93. The number of nitrogens with zero attached hydrogens (tertiary/aromatic N) is 4. The van der Waals surface area contributed by atoms with Gasteiger partial charge in [-0.15, -0.1) is 0 Å². The quantitative estimate of drug-likeness (QED) is 0.0972. The van der Waals surface area contributed by atoms with Crippen LogP contribution in [0.15, 0.2) is 61.1 Å². The molecule has 0 unspecified atom stereocenters. The lowest BCUT2D eigenvalue weighted by Gasteiger charge is -2.26. The van der Waals surface area contributed by atoms with Crippen LogP contribution >= 0.6 is 11.6 Å². The first-order valence-electron chi connectivity index (χ1n) is 15.6. The Kier molecular flexibility index (Phi) is 10.7. The fourth-order valence-electron chi connectivity index (χ4n) is 5.08. The Labute approximate surface area is 277 Å². The molecule has 0 bridgehead atoms. The van der Waals surface area contributed by atoms with E-state index in [0.717, 1.165) is 52.1 Å². The molecule has 3 heterocycles. The third-order valence-corrected chi connectivity index (χ3v) is 8.23. The number of para-hydroxylation sites is 1. The van der Waals surface area contributed by atoms with Gasteiger partial charge >= 0.3 is 0 Å². The molecule has 13 heteroatoms. The van der Waals surface area contributed by atoms with Crippen molar-refractivity contribution in [1.82, 2.24) is 19.9 Å². The zero-order valence-electron chi connectivity index (χ0n) is 25.8. The molecular weight excluding hydrogens is 628 g/mol. The topological polar surface area (TPSA) is 118 Å². The second kappa shape index (κ2) is 15.5. The summed E-state index contributed by atoms with van der Waals surface area (Å²) < 4.78 is 46.9.